The number of hydrogen-bond acceptors (Lipinski definition) is 6. The average Bonchev–Trinajstić information content (AvgIpc) is 3.14. The number of amides is 1. The molecule has 1 unspecified atom stereocenters. The summed E-state index contributed by atoms with van der Waals surface area (Å²) < 4.78 is 26.4. The summed E-state index contributed by atoms with van der Waals surface area (Å²) >= 11 is 0. The van der Waals surface area contributed by atoms with E-state index in [1.165, 1.54) is 29.4 Å². The quantitative estimate of drug-likeness (QED) is 0.803. The molecule has 0 saturated carbocycles. The Hall–Kier alpha value is -2.33. The first-order valence-electron chi connectivity index (χ1n) is 7.98. The van der Waals surface area contributed by atoms with E-state index in [1.807, 2.05) is 0 Å². The van der Waals surface area contributed by atoms with Gasteiger partial charge >= 0.3 is 0 Å². The number of carbonyl (C=O) groups excluding carboxylic acids is 1. The van der Waals surface area contributed by atoms with Gasteiger partial charge in [-0.1, -0.05) is 0 Å². The molecule has 1 amide bonds. The van der Waals surface area contributed by atoms with Crippen LogP contribution >= 0.6 is 0 Å². The molecule has 2 aromatic rings. The molecule has 1 N–H and O–H groups in total. The van der Waals surface area contributed by atoms with Crippen molar-refractivity contribution in [2.75, 3.05) is 25.9 Å². The second kappa shape index (κ2) is 7.28. The molecule has 1 atom stereocenters. The zero-order valence-corrected chi connectivity index (χ0v) is 14.7. The fraction of sp³-hybridized carbons (Fsp3) is 0.467. The van der Waals surface area contributed by atoms with E-state index < -0.39 is 10.0 Å². The van der Waals surface area contributed by atoms with Gasteiger partial charge in [-0.25, -0.2) is 17.7 Å². The van der Waals surface area contributed by atoms with Gasteiger partial charge in [-0.15, -0.1) is 10.2 Å². The van der Waals surface area contributed by atoms with E-state index >= 15 is 0 Å². The topological polar surface area (TPSA) is 110 Å². The van der Waals surface area contributed by atoms with Gasteiger partial charge in [-0.05, 0) is 30.9 Å². The van der Waals surface area contributed by atoms with Crippen LogP contribution in [0, 0.1) is 5.92 Å². The van der Waals surface area contributed by atoms with Crippen molar-refractivity contribution in [1.82, 2.24) is 29.4 Å². The Balaban J connectivity index is 1.55. The number of pyridine rings is 1. The third-order valence-corrected chi connectivity index (χ3v) is 5.47. The summed E-state index contributed by atoms with van der Waals surface area (Å²) in [4.78, 5) is 16.5. The number of carbonyl (C=O) groups is 1. The van der Waals surface area contributed by atoms with Crippen LogP contribution < -0.4 is 5.32 Å². The monoisotopic (exact) mass is 364 g/mol. The van der Waals surface area contributed by atoms with Crippen molar-refractivity contribution < 1.29 is 13.2 Å². The fourth-order valence-electron chi connectivity index (χ4n) is 2.83. The van der Waals surface area contributed by atoms with E-state index in [0.717, 1.165) is 12.8 Å². The van der Waals surface area contributed by atoms with Crippen LogP contribution in [0.1, 0.15) is 23.2 Å². The van der Waals surface area contributed by atoms with Gasteiger partial charge in [0, 0.05) is 25.8 Å². The van der Waals surface area contributed by atoms with E-state index in [2.05, 4.69) is 20.5 Å². The van der Waals surface area contributed by atoms with Crippen LogP contribution in [-0.4, -0.2) is 64.3 Å². The molecule has 0 aromatic carbocycles. The molecular weight excluding hydrogens is 344 g/mol. The van der Waals surface area contributed by atoms with E-state index in [1.54, 1.807) is 16.7 Å². The average molecular weight is 364 g/mol. The first kappa shape index (κ1) is 17.5. The maximum absolute atomic E-state index is 12.2. The molecule has 1 aliphatic heterocycles. The molecule has 9 nitrogen and oxygen atoms in total. The molecule has 0 aliphatic carbocycles. The SMILES string of the molecule is CS(=O)(=O)N1CCCC(CNC(=O)c2ccc(-n3cnnc3)nc2)C1. The Morgan fingerprint density at radius 2 is 2.08 bits per heavy atom. The third kappa shape index (κ3) is 4.40. The molecule has 1 saturated heterocycles. The van der Waals surface area contributed by atoms with Gasteiger partial charge < -0.3 is 5.32 Å². The number of rotatable bonds is 5. The van der Waals surface area contributed by atoms with Crippen LogP contribution in [0.25, 0.3) is 5.82 Å². The second-order valence-corrected chi connectivity index (χ2v) is 8.10. The van der Waals surface area contributed by atoms with Crippen molar-refractivity contribution in [1.29, 1.82) is 0 Å². The van der Waals surface area contributed by atoms with Gasteiger partial charge in [0.15, 0.2) is 0 Å². The van der Waals surface area contributed by atoms with Gasteiger partial charge in [0.25, 0.3) is 5.91 Å². The molecule has 0 spiro atoms. The molecule has 10 heteroatoms. The minimum Gasteiger partial charge on any atom is -0.352 e. The Morgan fingerprint density at radius 1 is 1.32 bits per heavy atom. The Morgan fingerprint density at radius 3 is 2.72 bits per heavy atom. The molecule has 0 bridgehead atoms. The predicted molar refractivity (Wildman–Crippen MR) is 90.6 cm³/mol. The number of piperidine rings is 1. The van der Waals surface area contributed by atoms with Gasteiger partial charge in [0.1, 0.15) is 18.5 Å². The van der Waals surface area contributed by atoms with E-state index in [9.17, 15) is 13.2 Å². The highest BCUT2D eigenvalue weighted by Crippen LogP contribution is 2.18. The Kier molecular flexibility index (Phi) is 5.09. The summed E-state index contributed by atoms with van der Waals surface area (Å²) in [5.74, 6) is 0.522. The fourth-order valence-corrected chi connectivity index (χ4v) is 3.77. The van der Waals surface area contributed by atoms with Crippen LogP contribution in [0.2, 0.25) is 0 Å². The van der Waals surface area contributed by atoms with Crippen molar-refractivity contribution in [3.05, 3.63) is 36.5 Å². The van der Waals surface area contributed by atoms with Gasteiger partial charge in [-0.2, -0.15) is 0 Å². The lowest BCUT2D eigenvalue weighted by molar-refractivity contribution is 0.0941. The van der Waals surface area contributed by atoms with Gasteiger partial charge in [-0.3, -0.25) is 9.36 Å². The maximum atomic E-state index is 12.2. The number of aromatic nitrogens is 4. The highest BCUT2D eigenvalue weighted by atomic mass is 32.2. The minimum atomic E-state index is -3.18. The van der Waals surface area contributed by atoms with Crippen molar-refractivity contribution in [2.45, 2.75) is 12.8 Å². The highest BCUT2D eigenvalue weighted by Gasteiger charge is 2.26. The number of hydrogen-bond donors (Lipinski definition) is 1. The van der Waals surface area contributed by atoms with Crippen LogP contribution in [-0.2, 0) is 10.0 Å². The van der Waals surface area contributed by atoms with Crippen molar-refractivity contribution in [3.63, 3.8) is 0 Å². The molecule has 0 radical (unpaired) electrons. The van der Waals surface area contributed by atoms with E-state index in [0.29, 0.717) is 31.0 Å². The molecular formula is C15H20N6O3S. The Bertz CT molecular complexity index is 819. The van der Waals surface area contributed by atoms with E-state index in [4.69, 9.17) is 0 Å². The van der Waals surface area contributed by atoms with Gasteiger partial charge in [0.05, 0.1) is 11.8 Å². The molecule has 25 heavy (non-hydrogen) atoms. The standard InChI is InChI=1S/C15H20N6O3S/c1-25(23,24)21-6-2-3-12(9-21)7-17-15(22)13-4-5-14(16-8-13)20-10-18-19-11-20/h4-5,8,10-12H,2-3,6-7,9H2,1H3,(H,17,22). The maximum Gasteiger partial charge on any atom is 0.252 e. The summed E-state index contributed by atoms with van der Waals surface area (Å²) in [6, 6.07) is 3.39. The lowest BCUT2D eigenvalue weighted by Gasteiger charge is -2.30. The van der Waals surface area contributed by atoms with Crippen LogP contribution in [0.4, 0.5) is 0 Å². The largest absolute Gasteiger partial charge is 0.352 e. The summed E-state index contributed by atoms with van der Waals surface area (Å²) in [5, 5.41) is 10.3. The van der Waals surface area contributed by atoms with Crippen molar-refractivity contribution in [2.24, 2.45) is 5.92 Å². The first-order valence-corrected chi connectivity index (χ1v) is 9.82. The molecule has 2 aromatic heterocycles. The first-order chi connectivity index (χ1) is 11.9. The van der Waals surface area contributed by atoms with Crippen LogP contribution in [0.5, 0.6) is 0 Å². The predicted octanol–water partition coefficient (Wildman–Crippen LogP) is 0.0637. The molecule has 1 aliphatic rings. The van der Waals surface area contributed by atoms with Crippen molar-refractivity contribution >= 4 is 15.9 Å². The Labute approximate surface area is 146 Å². The molecule has 3 heterocycles. The third-order valence-electron chi connectivity index (χ3n) is 4.20. The van der Waals surface area contributed by atoms with E-state index in [-0.39, 0.29) is 11.8 Å². The summed E-state index contributed by atoms with van der Waals surface area (Å²) in [7, 11) is -3.18. The van der Waals surface area contributed by atoms with Gasteiger partial charge in [0.2, 0.25) is 10.0 Å². The summed E-state index contributed by atoms with van der Waals surface area (Å²) in [6.07, 6.45) is 7.47. The molecule has 134 valence electrons. The molecule has 1 fully saturated rings. The normalized spacial score (nSPS) is 18.8. The lowest BCUT2D eigenvalue weighted by atomic mass is 9.99. The highest BCUT2D eigenvalue weighted by molar-refractivity contribution is 7.88. The second-order valence-electron chi connectivity index (χ2n) is 6.11. The van der Waals surface area contributed by atoms with Crippen molar-refractivity contribution in [3.8, 4) is 5.82 Å². The number of nitrogens with zero attached hydrogens (tertiary/aromatic N) is 5. The minimum absolute atomic E-state index is 0.122. The lowest BCUT2D eigenvalue weighted by Crippen LogP contribution is -2.43. The smallest absolute Gasteiger partial charge is 0.252 e. The summed E-state index contributed by atoms with van der Waals surface area (Å²) in [6.45, 7) is 1.44. The van der Waals surface area contributed by atoms with Crippen LogP contribution in [0.3, 0.4) is 0 Å². The summed E-state index contributed by atoms with van der Waals surface area (Å²) in [5.41, 5.74) is 0.451. The zero-order chi connectivity index (χ0) is 17.9. The van der Waals surface area contributed by atoms with Crippen LogP contribution in [0.15, 0.2) is 31.0 Å². The zero-order valence-electron chi connectivity index (χ0n) is 13.9. The number of sulfonamides is 1. The number of nitrogens with one attached hydrogen (secondary N) is 1. The molecule has 3 rings (SSSR count).